The number of aliphatic hydroxyl groups is 1. The quantitative estimate of drug-likeness (QED) is 0.190. The summed E-state index contributed by atoms with van der Waals surface area (Å²) < 4.78 is 2.06. The molecule has 0 saturated carbocycles. The van der Waals surface area contributed by atoms with Crippen molar-refractivity contribution in [3.05, 3.63) is 64.5 Å². The highest BCUT2D eigenvalue weighted by atomic mass is 16.6. The molecule has 36 heavy (non-hydrogen) atoms. The van der Waals surface area contributed by atoms with Gasteiger partial charge in [0.1, 0.15) is 11.9 Å². The molecule has 1 unspecified atom stereocenters. The maximum atomic E-state index is 12.1. The number of anilines is 3. The number of amides is 1. The van der Waals surface area contributed by atoms with Crippen molar-refractivity contribution in [2.75, 3.05) is 29.0 Å². The van der Waals surface area contributed by atoms with Crippen LogP contribution in [0.5, 0.6) is 0 Å². The second-order valence-electron chi connectivity index (χ2n) is 8.94. The zero-order valence-corrected chi connectivity index (χ0v) is 20.1. The fraction of sp³-hybridized carbons (Fsp3) is 0.360. The Morgan fingerprint density at radius 2 is 2.00 bits per heavy atom. The molecule has 11 nitrogen and oxygen atoms in total. The first kappa shape index (κ1) is 25.0. The highest BCUT2D eigenvalue weighted by Crippen LogP contribution is 2.36. The van der Waals surface area contributed by atoms with Crippen molar-refractivity contribution in [3.63, 3.8) is 0 Å². The number of rotatable bonds is 10. The van der Waals surface area contributed by atoms with Crippen molar-refractivity contribution in [2.24, 2.45) is 5.73 Å². The zero-order chi connectivity index (χ0) is 25.8. The number of benzene rings is 1. The van der Waals surface area contributed by atoms with Gasteiger partial charge < -0.3 is 31.4 Å². The van der Waals surface area contributed by atoms with Crippen LogP contribution in [-0.4, -0.2) is 50.7 Å². The van der Waals surface area contributed by atoms with E-state index < -0.39 is 23.0 Å². The standard InChI is InChI=1S/C25H31N7O4/c1-2-16-4-6-17(7-5-16)19-14-30(15-22(19)31-13-18(33)12-21(31)25(27)34)11-3-10-28-23-9-8-20(32(35)36)24(26)29-23/h4-9,14-15,18,21,33H,2-3,10-13H2,1H3,(H2,27,34)(H3,26,28,29)/t18?,21-/m0/s1. The highest BCUT2D eigenvalue weighted by molar-refractivity contribution is 5.88. The van der Waals surface area contributed by atoms with Crippen LogP contribution in [0, 0.1) is 10.1 Å². The lowest BCUT2D eigenvalue weighted by molar-refractivity contribution is -0.384. The fourth-order valence-electron chi connectivity index (χ4n) is 4.54. The zero-order valence-electron chi connectivity index (χ0n) is 20.1. The van der Waals surface area contributed by atoms with Gasteiger partial charge in [-0.2, -0.15) is 0 Å². The Morgan fingerprint density at radius 3 is 2.64 bits per heavy atom. The Hall–Kier alpha value is -4.12. The number of carbonyl (C=O) groups excluding carboxylic acids is 1. The summed E-state index contributed by atoms with van der Waals surface area (Å²) in [5, 5.41) is 24.3. The monoisotopic (exact) mass is 493 g/mol. The van der Waals surface area contributed by atoms with Crippen molar-refractivity contribution in [3.8, 4) is 11.1 Å². The maximum Gasteiger partial charge on any atom is 0.311 e. The molecule has 3 aromatic rings. The second-order valence-corrected chi connectivity index (χ2v) is 8.94. The summed E-state index contributed by atoms with van der Waals surface area (Å²) in [6.07, 6.45) is 5.40. The number of aryl methyl sites for hydroxylation is 2. The molecule has 2 aromatic heterocycles. The molecular weight excluding hydrogens is 462 g/mol. The van der Waals surface area contributed by atoms with Gasteiger partial charge in [-0.3, -0.25) is 14.9 Å². The Labute approximate surface area is 208 Å². The number of aliphatic hydroxyl groups excluding tert-OH is 1. The maximum absolute atomic E-state index is 12.1. The Kier molecular flexibility index (Phi) is 7.39. The van der Waals surface area contributed by atoms with Gasteiger partial charge in [0.15, 0.2) is 0 Å². The van der Waals surface area contributed by atoms with Crippen LogP contribution < -0.4 is 21.7 Å². The topological polar surface area (TPSA) is 166 Å². The number of hydrogen-bond acceptors (Lipinski definition) is 8. The van der Waals surface area contributed by atoms with Crippen LogP contribution in [0.4, 0.5) is 23.0 Å². The molecule has 190 valence electrons. The van der Waals surface area contributed by atoms with E-state index in [0.717, 1.165) is 29.7 Å². The predicted octanol–water partition coefficient (Wildman–Crippen LogP) is 2.53. The minimum absolute atomic E-state index is 0.129. The van der Waals surface area contributed by atoms with Gasteiger partial charge in [0.05, 0.1) is 16.7 Å². The largest absolute Gasteiger partial charge is 0.391 e. The summed E-state index contributed by atoms with van der Waals surface area (Å²) in [5.74, 6) is -0.111. The van der Waals surface area contributed by atoms with Crippen molar-refractivity contribution >= 4 is 28.9 Å². The summed E-state index contributed by atoms with van der Waals surface area (Å²) in [4.78, 5) is 28.4. The van der Waals surface area contributed by atoms with Gasteiger partial charge in [-0.05, 0) is 30.0 Å². The van der Waals surface area contributed by atoms with Crippen LogP contribution in [0.1, 0.15) is 25.3 Å². The molecule has 2 atom stereocenters. The Bertz CT molecular complexity index is 1240. The number of β-amino-alcohol motifs (C(OH)–C–C–N with tert-alkyl or cyclic N) is 1. The third-order valence-corrected chi connectivity index (χ3v) is 6.45. The van der Waals surface area contributed by atoms with Crippen LogP contribution in [0.15, 0.2) is 48.8 Å². The van der Waals surface area contributed by atoms with E-state index in [1.165, 1.54) is 17.7 Å². The number of pyridine rings is 1. The van der Waals surface area contributed by atoms with E-state index in [0.29, 0.717) is 31.9 Å². The summed E-state index contributed by atoms with van der Waals surface area (Å²) in [5.41, 5.74) is 15.2. The molecule has 0 aliphatic carbocycles. The predicted molar refractivity (Wildman–Crippen MR) is 139 cm³/mol. The first-order valence-electron chi connectivity index (χ1n) is 11.9. The van der Waals surface area contributed by atoms with Crippen LogP contribution in [-0.2, 0) is 17.8 Å². The van der Waals surface area contributed by atoms with Gasteiger partial charge >= 0.3 is 5.69 Å². The van der Waals surface area contributed by atoms with Crippen molar-refractivity contribution < 1.29 is 14.8 Å². The molecule has 11 heteroatoms. The number of primary amides is 1. The van der Waals surface area contributed by atoms with Crippen LogP contribution in [0.2, 0.25) is 0 Å². The molecule has 6 N–H and O–H groups in total. The third-order valence-electron chi connectivity index (χ3n) is 6.45. The molecular formula is C25H31N7O4. The Balaban J connectivity index is 1.51. The van der Waals surface area contributed by atoms with E-state index in [1.54, 1.807) is 0 Å². The molecule has 1 aromatic carbocycles. The number of nitrogens with zero attached hydrogens (tertiary/aromatic N) is 4. The molecule has 1 fully saturated rings. The molecule has 0 bridgehead atoms. The van der Waals surface area contributed by atoms with Crippen molar-refractivity contribution in [1.29, 1.82) is 0 Å². The average Bonchev–Trinajstić information content (AvgIpc) is 3.45. The third kappa shape index (κ3) is 5.41. The molecule has 4 rings (SSSR count). The van der Waals surface area contributed by atoms with Gasteiger partial charge in [-0.1, -0.05) is 31.2 Å². The minimum Gasteiger partial charge on any atom is -0.391 e. The van der Waals surface area contributed by atoms with Gasteiger partial charge in [0, 0.05) is 50.1 Å². The van der Waals surface area contributed by atoms with E-state index in [4.69, 9.17) is 11.5 Å². The number of nitrogens with one attached hydrogen (secondary N) is 1. The molecule has 1 aliphatic rings. The summed E-state index contributed by atoms with van der Waals surface area (Å²) in [7, 11) is 0. The molecule has 0 radical (unpaired) electrons. The van der Waals surface area contributed by atoms with Gasteiger partial charge in [0.2, 0.25) is 11.7 Å². The molecule has 1 saturated heterocycles. The van der Waals surface area contributed by atoms with E-state index in [9.17, 15) is 20.0 Å². The van der Waals surface area contributed by atoms with E-state index in [1.807, 2.05) is 17.3 Å². The van der Waals surface area contributed by atoms with E-state index in [2.05, 4.69) is 46.1 Å². The number of nitrogens with two attached hydrogens (primary N) is 2. The number of nitrogen functional groups attached to an aromatic ring is 1. The van der Waals surface area contributed by atoms with Gasteiger partial charge in [-0.25, -0.2) is 4.98 Å². The molecule has 1 amide bonds. The first-order chi connectivity index (χ1) is 17.3. The van der Waals surface area contributed by atoms with E-state index >= 15 is 0 Å². The lowest BCUT2D eigenvalue weighted by Crippen LogP contribution is -2.40. The van der Waals surface area contributed by atoms with Crippen LogP contribution >= 0.6 is 0 Å². The lowest BCUT2D eigenvalue weighted by Gasteiger charge is -2.24. The number of aromatic nitrogens is 2. The van der Waals surface area contributed by atoms with E-state index in [-0.39, 0.29) is 11.5 Å². The van der Waals surface area contributed by atoms with Crippen molar-refractivity contribution in [1.82, 2.24) is 9.55 Å². The normalized spacial score (nSPS) is 17.3. The SMILES string of the molecule is CCc1ccc(-c2cn(CCCNc3ccc([N+](=O)[O-])c(N)n3)cc2N2CC(O)C[C@H]2C(N)=O)cc1. The first-order valence-corrected chi connectivity index (χ1v) is 11.9. The van der Waals surface area contributed by atoms with Crippen LogP contribution in [0.3, 0.4) is 0 Å². The molecule has 1 aliphatic heterocycles. The fourth-order valence-corrected chi connectivity index (χ4v) is 4.54. The number of nitro groups is 1. The average molecular weight is 494 g/mol. The van der Waals surface area contributed by atoms with Gasteiger partial charge in [-0.15, -0.1) is 0 Å². The Morgan fingerprint density at radius 1 is 1.25 bits per heavy atom. The molecule has 0 spiro atoms. The summed E-state index contributed by atoms with van der Waals surface area (Å²) in [6, 6.07) is 10.6. The second kappa shape index (κ2) is 10.6. The van der Waals surface area contributed by atoms with Crippen LogP contribution in [0.25, 0.3) is 11.1 Å². The number of hydrogen-bond donors (Lipinski definition) is 4. The minimum atomic E-state index is -0.619. The highest BCUT2D eigenvalue weighted by Gasteiger charge is 2.36. The molecule has 3 heterocycles. The smallest absolute Gasteiger partial charge is 0.311 e. The lowest BCUT2D eigenvalue weighted by atomic mass is 10.0. The summed E-state index contributed by atoms with van der Waals surface area (Å²) in [6.45, 7) is 3.69. The van der Waals surface area contributed by atoms with Crippen molar-refractivity contribution in [2.45, 2.75) is 44.9 Å². The summed E-state index contributed by atoms with van der Waals surface area (Å²) >= 11 is 0. The number of carbonyl (C=O) groups is 1. The van der Waals surface area contributed by atoms with Gasteiger partial charge in [0.25, 0.3) is 0 Å².